The van der Waals surface area contributed by atoms with Crippen LogP contribution in [0.4, 0.5) is 0 Å². The van der Waals surface area contributed by atoms with Crippen LogP contribution in [0.5, 0.6) is 0 Å². The number of aliphatic hydroxyl groups excluding tert-OH is 1. The molecule has 1 fully saturated rings. The summed E-state index contributed by atoms with van der Waals surface area (Å²) in [4.78, 5) is 0. The Bertz CT molecular complexity index is 293. The summed E-state index contributed by atoms with van der Waals surface area (Å²) in [6, 6.07) is 10.4. The van der Waals surface area contributed by atoms with Gasteiger partial charge >= 0.3 is 0 Å². The van der Waals surface area contributed by atoms with Gasteiger partial charge in [0.25, 0.3) is 0 Å². The van der Waals surface area contributed by atoms with Crippen molar-refractivity contribution in [2.45, 2.75) is 44.1 Å². The Kier molecular flexibility index (Phi) is 2.60. The van der Waals surface area contributed by atoms with Crippen LogP contribution >= 0.6 is 0 Å². The Morgan fingerprint density at radius 1 is 1.21 bits per heavy atom. The van der Waals surface area contributed by atoms with Crippen LogP contribution in [0.15, 0.2) is 30.3 Å². The monoisotopic (exact) mass is 190 g/mol. The lowest BCUT2D eigenvalue weighted by Gasteiger charge is -2.39. The first-order valence-electron chi connectivity index (χ1n) is 5.47. The molecule has 1 aromatic carbocycles. The third kappa shape index (κ3) is 1.57. The van der Waals surface area contributed by atoms with Gasteiger partial charge in [-0.2, -0.15) is 0 Å². The topological polar surface area (TPSA) is 20.2 Å². The molecule has 0 aliphatic heterocycles. The zero-order valence-electron chi connectivity index (χ0n) is 8.74. The summed E-state index contributed by atoms with van der Waals surface area (Å²) in [7, 11) is 0. The van der Waals surface area contributed by atoms with Gasteiger partial charge in [-0.05, 0) is 18.4 Å². The zero-order chi connectivity index (χ0) is 10.0. The van der Waals surface area contributed by atoms with Crippen LogP contribution in [-0.4, -0.2) is 11.2 Å². The summed E-state index contributed by atoms with van der Waals surface area (Å²) >= 11 is 0. The highest BCUT2D eigenvalue weighted by Gasteiger charge is 2.36. The van der Waals surface area contributed by atoms with Gasteiger partial charge in [0.15, 0.2) is 0 Å². The number of hydrogen-bond donors (Lipinski definition) is 1. The quantitative estimate of drug-likeness (QED) is 0.722. The lowest BCUT2D eigenvalue weighted by Crippen LogP contribution is -2.39. The molecular formula is C13H18O. The summed E-state index contributed by atoms with van der Waals surface area (Å²) in [6.45, 7) is 2.19. The second kappa shape index (κ2) is 3.74. The van der Waals surface area contributed by atoms with Gasteiger partial charge in [0.1, 0.15) is 0 Å². The van der Waals surface area contributed by atoms with Crippen LogP contribution in [0.2, 0.25) is 0 Å². The summed E-state index contributed by atoms with van der Waals surface area (Å²) in [5, 5.41) is 10.1. The van der Waals surface area contributed by atoms with E-state index in [0.29, 0.717) is 0 Å². The summed E-state index contributed by atoms with van der Waals surface area (Å²) in [5.74, 6) is 0. The van der Waals surface area contributed by atoms with E-state index in [4.69, 9.17) is 0 Å². The molecule has 0 bridgehead atoms. The summed E-state index contributed by atoms with van der Waals surface area (Å²) in [6.07, 6.45) is 4.30. The van der Waals surface area contributed by atoms with E-state index in [2.05, 4.69) is 31.2 Å². The van der Waals surface area contributed by atoms with Crippen LogP contribution in [0, 0.1) is 0 Å². The van der Waals surface area contributed by atoms with Crippen molar-refractivity contribution in [3.8, 4) is 0 Å². The molecule has 1 aliphatic rings. The van der Waals surface area contributed by atoms with Gasteiger partial charge in [-0.3, -0.25) is 0 Å². The Hall–Kier alpha value is -0.820. The molecule has 0 spiro atoms. The number of hydrogen-bond acceptors (Lipinski definition) is 1. The molecule has 1 heteroatoms. The molecule has 2 atom stereocenters. The Morgan fingerprint density at radius 3 is 2.57 bits per heavy atom. The van der Waals surface area contributed by atoms with E-state index in [1.807, 2.05) is 6.07 Å². The fourth-order valence-corrected chi connectivity index (χ4v) is 2.47. The molecule has 76 valence electrons. The number of rotatable bonds is 1. The van der Waals surface area contributed by atoms with E-state index in [-0.39, 0.29) is 11.5 Å². The fraction of sp³-hybridized carbons (Fsp3) is 0.538. The first-order chi connectivity index (χ1) is 6.73. The van der Waals surface area contributed by atoms with Crippen LogP contribution in [-0.2, 0) is 5.41 Å². The Balaban J connectivity index is 2.30. The van der Waals surface area contributed by atoms with Gasteiger partial charge in [0.2, 0.25) is 0 Å². The molecule has 14 heavy (non-hydrogen) atoms. The lowest BCUT2D eigenvalue weighted by molar-refractivity contribution is 0.0521. The summed E-state index contributed by atoms with van der Waals surface area (Å²) in [5.41, 5.74) is 1.27. The zero-order valence-corrected chi connectivity index (χ0v) is 8.74. The van der Waals surface area contributed by atoms with E-state index in [1.54, 1.807) is 0 Å². The normalized spacial score (nSPS) is 32.9. The molecule has 1 saturated carbocycles. The lowest BCUT2D eigenvalue weighted by atomic mass is 9.69. The first-order valence-corrected chi connectivity index (χ1v) is 5.47. The second-order valence-electron chi connectivity index (χ2n) is 4.55. The van der Waals surface area contributed by atoms with Gasteiger partial charge in [-0.1, -0.05) is 50.1 Å². The minimum atomic E-state index is -0.168. The van der Waals surface area contributed by atoms with Crippen LogP contribution < -0.4 is 0 Å². The van der Waals surface area contributed by atoms with Crippen molar-refractivity contribution in [1.29, 1.82) is 0 Å². The van der Waals surface area contributed by atoms with Crippen molar-refractivity contribution in [3.05, 3.63) is 35.9 Å². The van der Waals surface area contributed by atoms with Crippen molar-refractivity contribution in [3.63, 3.8) is 0 Å². The maximum Gasteiger partial charge on any atom is 0.0634 e. The molecule has 0 heterocycles. The molecule has 0 saturated heterocycles. The van der Waals surface area contributed by atoms with Crippen LogP contribution in [0.25, 0.3) is 0 Å². The maximum absolute atomic E-state index is 10.1. The van der Waals surface area contributed by atoms with Gasteiger partial charge in [0, 0.05) is 5.41 Å². The predicted molar refractivity (Wildman–Crippen MR) is 58.3 cm³/mol. The standard InChI is InChI=1S/C13H18O/c1-13(10-6-5-9-12(13)14)11-7-3-2-4-8-11/h2-4,7-8,12,14H,5-6,9-10H2,1H3/t12-,13+/m1/s1. The largest absolute Gasteiger partial charge is 0.392 e. The molecule has 0 aromatic heterocycles. The van der Waals surface area contributed by atoms with Crippen molar-refractivity contribution in [1.82, 2.24) is 0 Å². The molecule has 0 amide bonds. The minimum absolute atomic E-state index is 0.0144. The number of benzene rings is 1. The highest BCUT2D eigenvalue weighted by atomic mass is 16.3. The third-order valence-corrected chi connectivity index (χ3v) is 3.59. The molecule has 0 radical (unpaired) electrons. The van der Waals surface area contributed by atoms with Crippen LogP contribution in [0.1, 0.15) is 38.2 Å². The average Bonchev–Trinajstić information content (AvgIpc) is 2.24. The fourth-order valence-electron chi connectivity index (χ4n) is 2.47. The molecule has 1 N–H and O–H groups in total. The van der Waals surface area contributed by atoms with Crippen molar-refractivity contribution >= 4 is 0 Å². The van der Waals surface area contributed by atoms with E-state index in [1.165, 1.54) is 18.4 Å². The van der Waals surface area contributed by atoms with E-state index < -0.39 is 0 Å². The highest BCUT2D eigenvalue weighted by Crippen LogP contribution is 2.38. The Labute approximate surface area is 85.8 Å². The molecular weight excluding hydrogens is 172 g/mol. The van der Waals surface area contributed by atoms with Crippen molar-refractivity contribution in [2.75, 3.05) is 0 Å². The van der Waals surface area contributed by atoms with Gasteiger partial charge < -0.3 is 5.11 Å². The van der Waals surface area contributed by atoms with Crippen molar-refractivity contribution in [2.24, 2.45) is 0 Å². The third-order valence-electron chi connectivity index (χ3n) is 3.59. The minimum Gasteiger partial charge on any atom is -0.392 e. The molecule has 1 nitrogen and oxygen atoms in total. The summed E-state index contributed by atoms with van der Waals surface area (Å²) < 4.78 is 0. The Morgan fingerprint density at radius 2 is 1.93 bits per heavy atom. The van der Waals surface area contributed by atoms with Gasteiger partial charge in [-0.25, -0.2) is 0 Å². The molecule has 0 unspecified atom stereocenters. The number of aliphatic hydroxyl groups is 1. The predicted octanol–water partition coefficient (Wildman–Crippen LogP) is 2.88. The smallest absolute Gasteiger partial charge is 0.0634 e. The second-order valence-corrected chi connectivity index (χ2v) is 4.55. The van der Waals surface area contributed by atoms with Crippen molar-refractivity contribution < 1.29 is 5.11 Å². The van der Waals surface area contributed by atoms with E-state index in [9.17, 15) is 5.11 Å². The van der Waals surface area contributed by atoms with Crippen LogP contribution in [0.3, 0.4) is 0 Å². The molecule has 2 rings (SSSR count). The van der Waals surface area contributed by atoms with Gasteiger partial charge in [-0.15, -0.1) is 0 Å². The van der Waals surface area contributed by atoms with E-state index in [0.717, 1.165) is 12.8 Å². The highest BCUT2D eigenvalue weighted by molar-refractivity contribution is 5.26. The van der Waals surface area contributed by atoms with Gasteiger partial charge in [0.05, 0.1) is 6.10 Å². The SMILES string of the molecule is C[C@@]1(c2ccccc2)CCCC[C@H]1O. The molecule has 1 aliphatic carbocycles. The maximum atomic E-state index is 10.1. The average molecular weight is 190 g/mol. The van der Waals surface area contributed by atoms with E-state index >= 15 is 0 Å². The first kappa shape index (κ1) is 9.72. The molecule has 1 aromatic rings.